The summed E-state index contributed by atoms with van der Waals surface area (Å²) >= 11 is 6.30. The van der Waals surface area contributed by atoms with Crippen LogP contribution < -0.4 is 14.2 Å². The number of furan rings is 1. The van der Waals surface area contributed by atoms with Crippen LogP contribution in [0.25, 0.3) is 5.76 Å². The number of carbonyl (C=O) groups is 2. The molecule has 0 saturated carbocycles. The molecule has 3 aromatic rings. The van der Waals surface area contributed by atoms with Crippen molar-refractivity contribution in [2.45, 2.75) is 19.5 Å². The number of benzene rings is 2. The Morgan fingerprint density at radius 3 is 2.51 bits per heavy atom. The van der Waals surface area contributed by atoms with Crippen molar-refractivity contribution in [3.8, 4) is 17.2 Å². The highest BCUT2D eigenvalue weighted by atomic mass is 35.5. The number of rotatable bonds is 8. The fraction of sp³-hybridized carbons (Fsp3) is 0.231. The van der Waals surface area contributed by atoms with E-state index < -0.39 is 23.5 Å². The minimum absolute atomic E-state index is 0.0262. The van der Waals surface area contributed by atoms with Crippen molar-refractivity contribution in [1.29, 1.82) is 0 Å². The maximum absolute atomic E-state index is 13.3. The van der Waals surface area contributed by atoms with Gasteiger partial charge in [0.25, 0.3) is 11.7 Å². The summed E-state index contributed by atoms with van der Waals surface area (Å²) in [6.07, 6.45) is 1.49. The van der Waals surface area contributed by atoms with Gasteiger partial charge < -0.3 is 28.6 Å². The standard InChI is InChI=1S/C26H24ClNO7/c1-4-34-16-8-5-7-15(11-16)23-22(25(30)26(31)28(23)14-17-9-6-10-35-17)24(29)18-12-19(27)21(33-3)13-20(18)32-2/h5-13,23,29H,4,14H2,1-3H3/b24-22+. The third-order valence-electron chi connectivity index (χ3n) is 5.66. The number of methoxy groups -OCH3 is 2. The quantitative estimate of drug-likeness (QED) is 0.266. The van der Waals surface area contributed by atoms with Crippen molar-refractivity contribution in [3.05, 3.63) is 82.3 Å². The van der Waals surface area contributed by atoms with Gasteiger partial charge >= 0.3 is 0 Å². The van der Waals surface area contributed by atoms with E-state index in [1.807, 2.05) is 6.92 Å². The zero-order valence-electron chi connectivity index (χ0n) is 19.4. The Morgan fingerprint density at radius 2 is 1.86 bits per heavy atom. The largest absolute Gasteiger partial charge is 0.507 e. The number of ketones is 1. The molecule has 0 bridgehead atoms. The molecule has 9 heteroatoms. The summed E-state index contributed by atoms with van der Waals surface area (Å²) in [5.74, 6) is -0.412. The first kappa shape index (κ1) is 24.2. The van der Waals surface area contributed by atoms with Gasteiger partial charge in [0.1, 0.15) is 28.8 Å². The summed E-state index contributed by atoms with van der Waals surface area (Å²) in [5.41, 5.74) is 0.636. The second-order valence-electron chi connectivity index (χ2n) is 7.70. The minimum Gasteiger partial charge on any atom is -0.507 e. The van der Waals surface area contributed by atoms with Gasteiger partial charge in [-0.1, -0.05) is 23.7 Å². The lowest BCUT2D eigenvalue weighted by atomic mass is 9.94. The van der Waals surface area contributed by atoms with Crippen LogP contribution in [0.15, 0.2) is 64.8 Å². The van der Waals surface area contributed by atoms with E-state index in [1.165, 1.54) is 37.5 Å². The molecule has 1 aromatic heterocycles. The van der Waals surface area contributed by atoms with Gasteiger partial charge in [-0.05, 0) is 42.8 Å². The number of ether oxygens (including phenoxy) is 3. The number of Topliss-reactive ketones (excluding diaryl/α,β-unsaturated/α-hetero) is 1. The molecule has 1 atom stereocenters. The number of carbonyl (C=O) groups excluding carboxylic acids is 2. The molecular weight excluding hydrogens is 474 g/mol. The van der Waals surface area contributed by atoms with Crippen molar-refractivity contribution < 1.29 is 33.3 Å². The molecule has 8 nitrogen and oxygen atoms in total. The third kappa shape index (κ3) is 4.57. The Morgan fingerprint density at radius 1 is 1.09 bits per heavy atom. The van der Waals surface area contributed by atoms with Crippen LogP contribution in [0.5, 0.6) is 17.2 Å². The van der Waals surface area contributed by atoms with Gasteiger partial charge in [0, 0.05) is 6.07 Å². The van der Waals surface area contributed by atoms with Crippen molar-refractivity contribution in [2.24, 2.45) is 0 Å². The van der Waals surface area contributed by atoms with Crippen molar-refractivity contribution in [2.75, 3.05) is 20.8 Å². The maximum atomic E-state index is 13.3. The summed E-state index contributed by atoms with van der Waals surface area (Å²) in [6, 6.07) is 12.5. The van der Waals surface area contributed by atoms with E-state index in [4.69, 9.17) is 30.2 Å². The number of hydrogen-bond donors (Lipinski definition) is 1. The fourth-order valence-corrected chi connectivity index (χ4v) is 4.33. The van der Waals surface area contributed by atoms with Crippen LogP contribution in [-0.2, 0) is 16.1 Å². The van der Waals surface area contributed by atoms with Gasteiger partial charge in [0.15, 0.2) is 0 Å². The third-order valence-corrected chi connectivity index (χ3v) is 5.96. The van der Waals surface area contributed by atoms with E-state index in [0.29, 0.717) is 29.4 Å². The van der Waals surface area contributed by atoms with E-state index in [9.17, 15) is 14.7 Å². The van der Waals surface area contributed by atoms with E-state index in [-0.39, 0.29) is 28.5 Å². The molecule has 0 spiro atoms. The number of hydrogen-bond acceptors (Lipinski definition) is 7. The Balaban J connectivity index is 1.92. The molecule has 0 aliphatic carbocycles. The molecule has 1 fully saturated rings. The molecule has 1 aliphatic rings. The van der Waals surface area contributed by atoms with Gasteiger partial charge in [0.2, 0.25) is 0 Å². The molecule has 2 aromatic carbocycles. The van der Waals surface area contributed by atoms with E-state index in [1.54, 1.807) is 36.4 Å². The molecular formula is C26H24ClNO7. The first-order valence-corrected chi connectivity index (χ1v) is 11.2. The minimum atomic E-state index is -0.911. The van der Waals surface area contributed by atoms with Crippen LogP contribution in [-0.4, -0.2) is 42.5 Å². The summed E-state index contributed by atoms with van der Waals surface area (Å²) < 4.78 is 21.7. The predicted octanol–water partition coefficient (Wildman–Crippen LogP) is 4.97. The molecule has 182 valence electrons. The second kappa shape index (κ2) is 10.1. The average molecular weight is 498 g/mol. The molecule has 2 heterocycles. The Bertz CT molecular complexity index is 1280. The molecule has 1 aliphatic heterocycles. The van der Waals surface area contributed by atoms with Crippen LogP contribution in [0, 0.1) is 0 Å². The highest BCUT2D eigenvalue weighted by Gasteiger charge is 2.46. The fourth-order valence-electron chi connectivity index (χ4n) is 4.09. The number of nitrogens with zero attached hydrogens (tertiary/aromatic N) is 1. The van der Waals surface area contributed by atoms with Crippen LogP contribution >= 0.6 is 11.6 Å². The molecule has 1 N–H and O–H groups in total. The first-order valence-electron chi connectivity index (χ1n) is 10.8. The predicted molar refractivity (Wildman–Crippen MR) is 129 cm³/mol. The smallest absolute Gasteiger partial charge is 0.296 e. The van der Waals surface area contributed by atoms with Gasteiger partial charge in [0.05, 0.1) is 55.8 Å². The van der Waals surface area contributed by atoms with Gasteiger partial charge in [-0.25, -0.2) is 0 Å². The Kier molecular flexibility index (Phi) is 7.02. The number of aliphatic hydroxyl groups is 1. The molecule has 1 amide bonds. The Labute approximate surface area is 207 Å². The lowest BCUT2D eigenvalue weighted by Crippen LogP contribution is -2.29. The molecule has 4 rings (SSSR count). The van der Waals surface area contributed by atoms with Crippen molar-refractivity contribution in [3.63, 3.8) is 0 Å². The van der Waals surface area contributed by atoms with Crippen LogP contribution in [0.4, 0.5) is 0 Å². The van der Waals surface area contributed by atoms with Crippen molar-refractivity contribution in [1.82, 2.24) is 4.90 Å². The number of amides is 1. The monoisotopic (exact) mass is 497 g/mol. The highest BCUT2D eigenvalue weighted by Crippen LogP contribution is 2.44. The van der Waals surface area contributed by atoms with E-state index in [0.717, 1.165) is 0 Å². The van der Waals surface area contributed by atoms with E-state index in [2.05, 4.69) is 0 Å². The van der Waals surface area contributed by atoms with Gasteiger partial charge in [-0.15, -0.1) is 0 Å². The van der Waals surface area contributed by atoms with Crippen LogP contribution in [0.2, 0.25) is 5.02 Å². The van der Waals surface area contributed by atoms with E-state index >= 15 is 0 Å². The number of likely N-dealkylation sites (tertiary alicyclic amines) is 1. The summed E-state index contributed by atoms with van der Waals surface area (Å²) in [5, 5.41) is 11.6. The van der Waals surface area contributed by atoms with Gasteiger partial charge in [-0.2, -0.15) is 0 Å². The molecule has 1 unspecified atom stereocenters. The van der Waals surface area contributed by atoms with Gasteiger partial charge in [-0.3, -0.25) is 9.59 Å². The number of halogens is 1. The summed E-state index contributed by atoms with van der Waals surface area (Å²) in [7, 11) is 2.86. The highest BCUT2D eigenvalue weighted by molar-refractivity contribution is 6.46. The molecule has 35 heavy (non-hydrogen) atoms. The molecule has 1 saturated heterocycles. The van der Waals surface area contributed by atoms with Crippen LogP contribution in [0.3, 0.4) is 0 Å². The number of aliphatic hydroxyl groups excluding tert-OH is 1. The van der Waals surface area contributed by atoms with Crippen LogP contribution in [0.1, 0.15) is 29.9 Å². The first-order chi connectivity index (χ1) is 16.9. The zero-order chi connectivity index (χ0) is 25.1. The zero-order valence-corrected chi connectivity index (χ0v) is 20.2. The maximum Gasteiger partial charge on any atom is 0.296 e. The topological polar surface area (TPSA) is 98.4 Å². The second-order valence-corrected chi connectivity index (χ2v) is 8.11. The lowest BCUT2D eigenvalue weighted by molar-refractivity contribution is -0.140. The summed E-state index contributed by atoms with van der Waals surface area (Å²) in [6.45, 7) is 2.32. The van der Waals surface area contributed by atoms with Crippen molar-refractivity contribution >= 4 is 29.1 Å². The molecule has 0 radical (unpaired) electrons. The summed E-state index contributed by atoms with van der Waals surface area (Å²) in [4.78, 5) is 27.8. The normalized spacial score (nSPS) is 17.0. The Hall–Kier alpha value is -3.91. The lowest BCUT2D eigenvalue weighted by Gasteiger charge is -2.25. The SMILES string of the molecule is CCOc1cccc(C2/C(=C(\O)c3cc(Cl)c(OC)cc3OC)C(=O)C(=O)N2Cc2ccco2)c1. The average Bonchev–Trinajstić information content (AvgIpc) is 3.46.